The summed E-state index contributed by atoms with van der Waals surface area (Å²) >= 11 is 7.02. The number of nitro benzene ring substituents is 1. The van der Waals surface area contributed by atoms with Crippen molar-refractivity contribution in [3.05, 3.63) is 36.7 Å². The van der Waals surface area contributed by atoms with Crippen molar-refractivity contribution in [1.29, 1.82) is 0 Å². The van der Waals surface area contributed by atoms with E-state index in [9.17, 15) is 14.5 Å². The van der Waals surface area contributed by atoms with Crippen LogP contribution in [-0.4, -0.2) is 4.92 Å². The average Bonchev–Trinajstić information content (AvgIpc) is 1.96. The molecule has 0 aliphatic heterocycles. The molecule has 0 saturated carbocycles. The van der Waals surface area contributed by atoms with Crippen LogP contribution in [0.1, 0.15) is 0 Å². The zero-order valence-electron chi connectivity index (χ0n) is 5.55. The normalized spacial score (nSPS) is 9.92. The van der Waals surface area contributed by atoms with Crippen LogP contribution in [0.5, 0.6) is 0 Å². The minimum absolute atomic E-state index is 0.179. The third-order valence-electron chi connectivity index (χ3n) is 1.19. The lowest BCUT2D eigenvalue weighted by Crippen LogP contribution is -1.92. The van der Waals surface area contributed by atoms with Crippen LogP contribution >= 0.6 is 34.2 Å². The summed E-state index contributed by atoms with van der Waals surface area (Å²) in [6.07, 6.45) is 0. The molecule has 0 saturated heterocycles. The summed E-state index contributed by atoms with van der Waals surface area (Å²) in [6.45, 7) is 0. The van der Waals surface area contributed by atoms with Gasteiger partial charge in [0, 0.05) is 6.07 Å². The third-order valence-corrected chi connectivity index (χ3v) is 2.34. The minimum Gasteiger partial charge on any atom is -0.258 e. The van der Waals surface area contributed by atoms with Crippen molar-refractivity contribution in [1.82, 2.24) is 0 Å². The zero-order valence-corrected chi connectivity index (χ0v) is 8.47. The lowest BCUT2D eigenvalue weighted by molar-refractivity contribution is -0.385. The van der Waals surface area contributed by atoms with Gasteiger partial charge in [-0.25, -0.2) is 4.39 Å². The van der Waals surface area contributed by atoms with Crippen LogP contribution in [0.4, 0.5) is 10.1 Å². The molecule has 0 amide bonds. The van der Waals surface area contributed by atoms with Crippen LogP contribution in [0.3, 0.4) is 0 Å². The molecular weight excluding hydrogens is 299 g/mol. The zero-order chi connectivity index (χ0) is 9.30. The minimum atomic E-state index is -0.647. The van der Waals surface area contributed by atoms with Gasteiger partial charge in [-0.15, -0.1) is 0 Å². The SMILES string of the molecule is O=[N+]([O-])c1cc(Cl)c(F)cc1I. The van der Waals surface area contributed by atoms with Crippen LogP contribution in [-0.2, 0) is 0 Å². The van der Waals surface area contributed by atoms with Crippen LogP contribution in [0.15, 0.2) is 12.1 Å². The predicted molar refractivity (Wildman–Crippen MR) is 50.8 cm³/mol. The van der Waals surface area contributed by atoms with Gasteiger partial charge in [0.15, 0.2) is 0 Å². The van der Waals surface area contributed by atoms with E-state index >= 15 is 0 Å². The largest absolute Gasteiger partial charge is 0.284 e. The van der Waals surface area contributed by atoms with Gasteiger partial charge in [0.2, 0.25) is 0 Å². The Morgan fingerprint density at radius 3 is 2.67 bits per heavy atom. The highest BCUT2D eigenvalue weighted by Gasteiger charge is 2.14. The quantitative estimate of drug-likeness (QED) is 0.346. The lowest BCUT2D eigenvalue weighted by atomic mass is 10.3. The molecule has 1 rings (SSSR count). The van der Waals surface area contributed by atoms with Crippen molar-refractivity contribution in [2.24, 2.45) is 0 Å². The van der Waals surface area contributed by atoms with Gasteiger partial charge in [0.1, 0.15) is 5.82 Å². The van der Waals surface area contributed by atoms with E-state index in [0.717, 1.165) is 12.1 Å². The van der Waals surface area contributed by atoms with Gasteiger partial charge < -0.3 is 0 Å². The Kier molecular flexibility index (Phi) is 2.84. The summed E-state index contributed by atoms with van der Waals surface area (Å²) in [5.41, 5.74) is -0.179. The van der Waals surface area contributed by atoms with Gasteiger partial charge in [0.25, 0.3) is 5.69 Å². The molecule has 64 valence electrons. The van der Waals surface area contributed by atoms with Crippen LogP contribution in [0.2, 0.25) is 5.02 Å². The molecule has 1 aromatic rings. The number of rotatable bonds is 1. The summed E-state index contributed by atoms with van der Waals surface area (Å²) in [6, 6.07) is 2.03. The highest BCUT2D eigenvalue weighted by atomic mass is 127. The highest BCUT2D eigenvalue weighted by molar-refractivity contribution is 14.1. The van der Waals surface area contributed by atoms with E-state index in [0.29, 0.717) is 0 Å². The molecule has 0 aliphatic rings. The molecule has 0 radical (unpaired) electrons. The van der Waals surface area contributed by atoms with Gasteiger partial charge in [-0.3, -0.25) is 10.1 Å². The molecule has 0 aromatic heterocycles. The molecule has 0 unspecified atom stereocenters. The molecule has 0 heterocycles. The van der Waals surface area contributed by atoms with Gasteiger partial charge in [-0.2, -0.15) is 0 Å². The number of nitrogens with zero attached hydrogens (tertiary/aromatic N) is 1. The van der Waals surface area contributed by atoms with E-state index in [-0.39, 0.29) is 14.3 Å². The maximum absolute atomic E-state index is 12.7. The van der Waals surface area contributed by atoms with E-state index in [2.05, 4.69) is 0 Å². The fraction of sp³-hybridized carbons (Fsp3) is 0. The maximum atomic E-state index is 12.7. The fourth-order valence-corrected chi connectivity index (χ4v) is 1.44. The standard InChI is InChI=1S/C6H2ClFINO2/c7-3-1-6(10(11)12)5(9)2-4(3)8/h1-2H. The van der Waals surface area contributed by atoms with Crippen molar-refractivity contribution in [2.75, 3.05) is 0 Å². The molecule has 0 bridgehead atoms. The van der Waals surface area contributed by atoms with Crippen molar-refractivity contribution >= 4 is 39.9 Å². The van der Waals surface area contributed by atoms with Crippen molar-refractivity contribution in [2.45, 2.75) is 0 Å². The Labute approximate surface area is 85.8 Å². The number of hydrogen-bond donors (Lipinski definition) is 0. The molecule has 0 spiro atoms. The van der Waals surface area contributed by atoms with Gasteiger partial charge in [-0.05, 0) is 28.7 Å². The number of halogens is 3. The van der Waals surface area contributed by atoms with Crippen LogP contribution < -0.4 is 0 Å². The monoisotopic (exact) mass is 301 g/mol. The van der Waals surface area contributed by atoms with E-state index < -0.39 is 10.7 Å². The van der Waals surface area contributed by atoms with E-state index in [4.69, 9.17) is 11.6 Å². The summed E-state index contributed by atoms with van der Waals surface area (Å²) in [7, 11) is 0. The first-order chi connectivity index (χ1) is 5.52. The molecule has 3 nitrogen and oxygen atoms in total. The predicted octanol–water partition coefficient (Wildman–Crippen LogP) is 2.99. The van der Waals surface area contributed by atoms with Gasteiger partial charge in [0.05, 0.1) is 13.5 Å². The Morgan fingerprint density at radius 1 is 1.58 bits per heavy atom. The number of benzene rings is 1. The Hall–Kier alpha value is -0.430. The Bertz CT molecular complexity index is 345. The van der Waals surface area contributed by atoms with E-state index in [1.54, 1.807) is 22.6 Å². The van der Waals surface area contributed by atoms with Crippen LogP contribution in [0.25, 0.3) is 0 Å². The molecule has 12 heavy (non-hydrogen) atoms. The molecule has 0 atom stereocenters. The molecule has 0 N–H and O–H groups in total. The number of hydrogen-bond acceptors (Lipinski definition) is 2. The topological polar surface area (TPSA) is 43.1 Å². The summed E-state index contributed by atoms with van der Waals surface area (Å²) in [5, 5.41) is 10.1. The molecule has 0 fully saturated rings. The Balaban J connectivity index is 3.33. The molecular formula is C6H2ClFINO2. The summed E-state index contributed by atoms with van der Waals surface area (Å²) in [4.78, 5) is 9.70. The average molecular weight is 301 g/mol. The van der Waals surface area contributed by atoms with Crippen LogP contribution in [0, 0.1) is 19.5 Å². The smallest absolute Gasteiger partial charge is 0.258 e. The van der Waals surface area contributed by atoms with Crippen molar-refractivity contribution in [3.63, 3.8) is 0 Å². The fourth-order valence-electron chi connectivity index (χ4n) is 0.652. The molecule has 1 aromatic carbocycles. The molecule has 0 aliphatic carbocycles. The summed E-state index contributed by atoms with van der Waals surface area (Å²) in [5.74, 6) is -0.647. The number of nitro groups is 1. The van der Waals surface area contributed by atoms with Gasteiger partial charge in [-0.1, -0.05) is 11.6 Å². The van der Waals surface area contributed by atoms with Crippen molar-refractivity contribution < 1.29 is 9.31 Å². The second-order valence-corrected chi connectivity index (χ2v) is 3.54. The van der Waals surface area contributed by atoms with E-state index in [1.807, 2.05) is 0 Å². The second-order valence-electron chi connectivity index (χ2n) is 1.97. The Morgan fingerprint density at radius 2 is 2.17 bits per heavy atom. The maximum Gasteiger partial charge on any atom is 0.284 e. The third kappa shape index (κ3) is 1.84. The second kappa shape index (κ2) is 3.53. The lowest BCUT2D eigenvalue weighted by Gasteiger charge is -1.96. The first kappa shape index (κ1) is 9.66. The molecule has 6 heteroatoms. The first-order valence-corrected chi connectivity index (χ1v) is 4.27. The first-order valence-electron chi connectivity index (χ1n) is 2.81. The van der Waals surface area contributed by atoms with Crippen molar-refractivity contribution in [3.8, 4) is 0 Å². The highest BCUT2D eigenvalue weighted by Crippen LogP contribution is 2.26. The van der Waals surface area contributed by atoms with Gasteiger partial charge >= 0.3 is 0 Å². The van der Waals surface area contributed by atoms with E-state index in [1.165, 1.54) is 0 Å². The summed E-state index contributed by atoms with van der Waals surface area (Å²) < 4.78 is 12.9.